The summed E-state index contributed by atoms with van der Waals surface area (Å²) in [5.41, 5.74) is 0.928. The van der Waals surface area contributed by atoms with Gasteiger partial charge >= 0.3 is 0 Å². The summed E-state index contributed by atoms with van der Waals surface area (Å²) in [6.07, 6.45) is 1.26. The van der Waals surface area contributed by atoms with Crippen molar-refractivity contribution >= 4 is 39.1 Å². The van der Waals surface area contributed by atoms with Crippen LogP contribution in [0.1, 0.15) is 25.3 Å². The van der Waals surface area contributed by atoms with E-state index in [0.29, 0.717) is 43.3 Å². The van der Waals surface area contributed by atoms with Crippen LogP contribution in [0.25, 0.3) is 0 Å². The lowest BCUT2D eigenvalue weighted by Gasteiger charge is -2.31. The van der Waals surface area contributed by atoms with Crippen molar-refractivity contribution in [1.29, 1.82) is 0 Å². The van der Waals surface area contributed by atoms with Gasteiger partial charge in [-0.15, -0.1) is 0 Å². The maximum atomic E-state index is 13.1. The molecule has 0 bridgehead atoms. The van der Waals surface area contributed by atoms with E-state index in [0.717, 1.165) is 5.56 Å². The van der Waals surface area contributed by atoms with Gasteiger partial charge < -0.3 is 10.1 Å². The van der Waals surface area contributed by atoms with Gasteiger partial charge in [0.2, 0.25) is 15.9 Å². The maximum Gasteiger partial charge on any atom is 0.243 e. The third kappa shape index (κ3) is 5.46. The molecule has 162 valence electrons. The summed E-state index contributed by atoms with van der Waals surface area (Å²) in [5, 5.41) is 3.76. The van der Waals surface area contributed by atoms with E-state index >= 15 is 0 Å². The number of halogens is 2. The highest BCUT2D eigenvalue weighted by Crippen LogP contribution is 2.30. The van der Waals surface area contributed by atoms with Crippen LogP contribution in [-0.4, -0.2) is 38.3 Å². The summed E-state index contributed by atoms with van der Waals surface area (Å²) in [6.45, 7) is 3.14. The van der Waals surface area contributed by atoms with Crippen molar-refractivity contribution in [2.24, 2.45) is 5.92 Å². The van der Waals surface area contributed by atoms with E-state index in [1.54, 1.807) is 18.2 Å². The second-order valence-corrected chi connectivity index (χ2v) is 9.85. The van der Waals surface area contributed by atoms with Gasteiger partial charge in [-0.25, -0.2) is 8.42 Å². The molecule has 1 atom stereocenters. The number of hydrogen-bond donors (Lipinski definition) is 1. The monoisotopic (exact) mass is 470 g/mol. The number of sulfonamides is 1. The lowest BCUT2D eigenvalue weighted by Crippen LogP contribution is -2.45. The van der Waals surface area contributed by atoms with Crippen LogP contribution in [0.3, 0.4) is 0 Å². The van der Waals surface area contributed by atoms with Gasteiger partial charge in [-0.3, -0.25) is 4.79 Å². The molecular weight excluding hydrogens is 447 g/mol. The van der Waals surface area contributed by atoms with Gasteiger partial charge in [0.15, 0.2) is 0 Å². The van der Waals surface area contributed by atoms with E-state index in [2.05, 4.69) is 5.32 Å². The first-order valence-corrected chi connectivity index (χ1v) is 12.0. The summed E-state index contributed by atoms with van der Waals surface area (Å²) >= 11 is 12.0. The first-order valence-electron chi connectivity index (χ1n) is 9.76. The molecule has 0 aromatic heterocycles. The Kier molecular flexibility index (Phi) is 7.63. The number of carbonyl (C=O) groups excluding carboxylic acids is 1. The minimum atomic E-state index is -3.76. The molecule has 9 heteroatoms. The van der Waals surface area contributed by atoms with Crippen molar-refractivity contribution in [3.05, 3.63) is 58.1 Å². The molecule has 3 rings (SSSR count). The summed E-state index contributed by atoms with van der Waals surface area (Å²) in [4.78, 5) is 12.7. The molecule has 1 fully saturated rings. The van der Waals surface area contributed by atoms with Crippen molar-refractivity contribution < 1.29 is 17.9 Å². The van der Waals surface area contributed by atoms with E-state index in [9.17, 15) is 13.2 Å². The summed E-state index contributed by atoms with van der Waals surface area (Å²) < 4.78 is 32.9. The minimum absolute atomic E-state index is 0.0955. The molecule has 0 aliphatic carbocycles. The lowest BCUT2D eigenvalue weighted by atomic mass is 9.99. The van der Waals surface area contributed by atoms with Gasteiger partial charge in [0.1, 0.15) is 5.75 Å². The number of nitrogens with zero attached hydrogens (tertiary/aromatic N) is 1. The fraction of sp³-hybridized carbons (Fsp3) is 0.381. The Morgan fingerprint density at radius 3 is 2.60 bits per heavy atom. The highest BCUT2D eigenvalue weighted by Gasteiger charge is 2.33. The van der Waals surface area contributed by atoms with Crippen LogP contribution in [0.2, 0.25) is 10.0 Å². The van der Waals surface area contributed by atoms with Crippen molar-refractivity contribution in [3.63, 3.8) is 0 Å². The fourth-order valence-electron chi connectivity index (χ4n) is 3.37. The average Bonchev–Trinajstić information content (AvgIpc) is 2.74. The molecule has 1 amide bonds. The average molecular weight is 471 g/mol. The van der Waals surface area contributed by atoms with Crippen LogP contribution in [0.4, 0.5) is 0 Å². The van der Waals surface area contributed by atoms with E-state index in [-0.39, 0.29) is 22.4 Å². The van der Waals surface area contributed by atoms with Gasteiger partial charge in [0.25, 0.3) is 0 Å². The number of nitrogens with one attached hydrogen (secondary N) is 1. The lowest BCUT2D eigenvalue weighted by molar-refractivity contribution is -0.126. The first kappa shape index (κ1) is 22.9. The molecule has 0 unspecified atom stereocenters. The molecule has 6 nitrogen and oxygen atoms in total. The Morgan fingerprint density at radius 2 is 1.93 bits per heavy atom. The molecule has 0 radical (unpaired) electrons. The summed E-state index contributed by atoms with van der Waals surface area (Å²) in [6, 6.07) is 11.6. The van der Waals surface area contributed by atoms with E-state index < -0.39 is 15.9 Å². The molecule has 1 aliphatic heterocycles. The first-order chi connectivity index (χ1) is 14.3. The smallest absolute Gasteiger partial charge is 0.243 e. The van der Waals surface area contributed by atoms with Gasteiger partial charge in [-0.1, -0.05) is 35.3 Å². The van der Waals surface area contributed by atoms with Crippen molar-refractivity contribution in [1.82, 2.24) is 9.62 Å². The minimum Gasteiger partial charge on any atom is -0.492 e. The van der Waals surface area contributed by atoms with Gasteiger partial charge in [0, 0.05) is 24.7 Å². The van der Waals surface area contributed by atoms with Crippen molar-refractivity contribution in [2.75, 3.05) is 19.7 Å². The van der Waals surface area contributed by atoms with Gasteiger partial charge in [0.05, 0.1) is 22.4 Å². The van der Waals surface area contributed by atoms with Crippen LogP contribution in [0.15, 0.2) is 47.4 Å². The number of ether oxygens (including phenoxy) is 1. The number of benzene rings is 2. The third-order valence-electron chi connectivity index (χ3n) is 4.98. The Morgan fingerprint density at radius 1 is 1.20 bits per heavy atom. The van der Waals surface area contributed by atoms with E-state index in [4.69, 9.17) is 27.9 Å². The van der Waals surface area contributed by atoms with Crippen LogP contribution in [0.5, 0.6) is 5.75 Å². The Labute approximate surface area is 187 Å². The summed E-state index contributed by atoms with van der Waals surface area (Å²) in [5.74, 6) is -0.121. The van der Waals surface area contributed by atoms with Gasteiger partial charge in [-0.05, 0) is 55.7 Å². The zero-order valence-corrected chi connectivity index (χ0v) is 18.9. The molecule has 0 spiro atoms. The Bertz CT molecular complexity index is 997. The number of piperidine rings is 1. The molecule has 1 heterocycles. The number of amides is 1. The molecule has 30 heavy (non-hydrogen) atoms. The van der Waals surface area contributed by atoms with Crippen LogP contribution < -0.4 is 10.1 Å². The highest BCUT2D eigenvalue weighted by molar-refractivity contribution is 7.89. The van der Waals surface area contributed by atoms with Crippen LogP contribution in [-0.2, 0) is 21.4 Å². The summed E-state index contributed by atoms with van der Waals surface area (Å²) in [7, 11) is -3.76. The number of rotatable bonds is 7. The number of carbonyl (C=O) groups is 1. The van der Waals surface area contributed by atoms with Crippen LogP contribution >= 0.6 is 23.2 Å². The van der Waals surface area contributed by atoms with E-state index in [1.165, 1.54) is 16.4 Å². The van der Waals surface area contributed by atoms with Gasteiger partial charge in [-0.2, -0.15) is 4.31 Å². The quantitative estimate of drug-likeness (QED) is 0.660. The second-order valence-electron chi connectivity index (χ2n) is 7.07. The zero-order valence-electron chi connectivity index (χ0n) is 16.6. The third-order valence-corrected chi connectivity index (χ3v) is 7.38. The normalized spacial score (nSPS) is 17.5. The van der Waals surface area contributed by atoms with Crippen molar-refractivity contribution in [3.8, 4) is 5.75 Å². The fourth-order valence-corrected chi connectivity index (χ4v) is 5.35. The second kappa shape index (κ2) is 10.0. The van der Waals surface area contributed by atoms with E-state index in [1.807, 2.05) is 19.1 Å². The predicted octanol–water partition coefficient (Wildman–Crippen LogP) is 4.11. The van der Waals surface area contributed by atoms with Crippen molar-refractivity contribution in [2.45, 2.75) is 31.2 Å². The maximum absolute atomic E-state index is 13.1. The standard InChI is InChI=1S/C21H24Cl2N2O4S/c1-2-29-20-10-9-18(12-19(20)23)30(27,28)25-11-3-4-16(14-25)21(26)24-13-15-5-7-17(22)8-6-15/h5-10,12,16H,2-4,11,13-14H2,1H3,(H,24,26)/t16-/m1/s1. The topological polar surface area (TPSA) is 75.7 Å². The Hall–Kier alpha value is -1.80. The molecule has 1 N–H and O–H groups in total. The van der Waals surface area contributed by atoms with Crippen LogP contribution in [0, 0.1) is 5.92 Å². The molecule has 1 aliphatic rings. The molecule has 1 saturated heterocycles. The Balaban J connectivity index is 1.66. The highest BCUT2D eigenvalue weighted by atomic mass is 35.5. The molecule has 2 aromatic carbocycles. The number of hydrogen-bond acceptors (Lipinski definition) is 4. The molecule has 2 aromatic rings. The largest absolute Gasteiger partial charge is 0.492 e. The zero-order chi connectivity index (χ0) is 21.7. The predicted molar refractivity (Wildman–Crippen MR) is 117 cm³/mol. The SMILES string of the molecule is CCOc1ccc(S(=O)(=O)N2CCC[C@@H](C(=O)NCc3ccc(Cl)cc3)C2)cc1Cl. The molecular formula is C21H24Cl2N2O4S. The molecule has 0 saturated carbocycles.